The van der Waals surface area contributed by atoms with Crippen LogP contribution in [0.5, 0.6) is 0 Å². The highest BCUT2D eigenvalue weighted by Crippen LogP contribution is 2.14. The summed E-state index contributed by atoms with van der Waals surface area (Å²) < 4.78 is 0. The SMILES string of the molecule is CCC1C(=O)NCCN1C(=O)c1cccc(CN)c1. The van der Waals surface area contributed by atoms with E-state index in [4.69, 9.17) is 5.73 Å². The normalized spacial score (nSPS) is 19.2. The van der Waals surface area contributed by atoms with Crippen LogP contribution in [0.1, 0.15) is 29.3 Å². The zero-order chi connectivity index (χ0) is 13.8. The molecule has 1 aliphatic heterocycles. The van der Waals surface area contributed by atoms with E-state index in [0.717, 1.165) is 5.56 Å². The van der Waals surface area contributed by atoms with Crippen molar-refractivity contribution in [2.24, 2.45) is 5.73 Å². The zero-order valence-electron chi connectivity index (χ0n) is 11.1. The van der Waals surface area contributed by atoms with E-state index in [1.165, 1.54) is 0 Å². The van der Waals surface area contributed by atoms with Crippen molar-refractivity contribution < 1.29 is 9.59 Å². The molecule has 0 bridgehead atoms. The van der Waals surface area contributed by atoms with Gasteiger partial charge in [-0.3, -0.25) is 9.59 Å². The average Bonchev–Trinajstić information content (AvgIpc) is 2.46. The molecule has 0 aliphatic carbocycles. The van der Waals surface area contributed by atoms with Gasteiger partial charge < -0.3 is 16.0 Å². The standard InChI is InChI=1S/C14H19N3O2/c1-2-12-13(18)16-6-7-17(12)14(19)11-5-3-4-10(8-11)9-15/h3-5,8,12H,2,6-7,9,15H2,1H3,(H,16,18). The number of benzene rings is 1. The minimum Gasteiger partial charge on any atom is -0.353 e. The number of piperazine rings is 1. The van der Waals surface area contributed by atoms with Crippen LogP contribution in [0.4, 0.5) is 0 Å². The molecule has 0 saturated carbocycles. The second-order valence-electron chi connectivity index (χ2n) is 4.62. The quantitative estimate of drug-likeness (QED) is 0.831. The highest BCUT2D eigenvalue weighted by Gasteiger charge is 2.31. The maximum Gasteiger partial charge on any atom is 0.254 e. The van der Waals surface area contributed by atoms with E-state index in [2.05, 4.69) is 5.32 Å². The van der Waals surface area contributed by atoms with Crippen LogP contribution in [0.2, 0.25) is 0 Å². The summed E-state index contributed by atoms with van der Waals surface area (Å²) in [5.41, 5.74) is 7.09. The molecular formula is C14H19N3O2. The molecule has 1 fully saturated rings. The third-order valence-electron chi connectivity index (χ3n) is 3.39. The van der Waals surface area contributed by atoms with E-state index < -0.39 is 0 Å². The van der Waals surface area contributed by atoms with Crippen molar-refractivity contribution in [3.63, 3.8) is 0 Å². The Labute approximate surface area is 112 Å². The van der Waals surface area contributed by atoms with Crippen molar-refractivity contribution in [2.45, 2.75) is 25.9 Å². The van der Waals surface area contributed by atoms with Gasteiger partial charge in [0.15, 0.2) is 0 Å². The Morgan fingerprint density at radius 3 is 3.00 bits per heavy atom. The van der Waals surface area contributed by atoms with E-state index in [0.29, 0.717) is 31.6 Å². The molecule has 2 rings (SSSR count). The van der Waals surface area contributed by atoms with Crippen molar-refractivity contribution in [1.29, 1.82) is 0 Å². The summed E-state index contributed by atoms with van der Waals surface area (Å²) in [6.07, 6.45) is 0.619. The van der Waals surface area contributed by atoms with E-state index in [9.17, 15) is 9.59 Å². The number of carbonyl (C=O) groups excluding carboxylic acids is 2. The highest BCUT2D eigenvalue weighted by molar-refractivity contribution is 5.98. The van der Waals surface area contributed by atoms with E-state index in [-0.39, 0.29) is 17.9 Å². The van der Waals surface area contributed by atoms with Crippen LogP contribution < -0.4 is 11.1 Å². The maximum absolute atomic E-state index is 12.5. The second-order valence-corrected chi connectivity index (χ2v) is 4.62. The summed E-state index contributed by atoms with van der Waals surface area (Å²) in [6.45, 7) is 3.37. The van der Waals surface area contributed by atoms with Crippen LogP contribution in [-0.2, 0) is 11.3 Å². The summed E-state index contributed by atoms with van der Waals surface area (Å²) in [5.74, 6) is -0.172. The van der Waals surface area contributed by atoms with E-state index in [1.54, 1.807) is 17.0 Å². The predicted octanol–water partition coefficient (Wildman–Crippen LogP) is 0.496. The first-order valence-corrected chi connectivity index (χ1v) is 6.55. The van der Waals surface area contributed by atoms with Crippen LogP contribution >= 0.6 is 0 Å². The molecule has 0 radical (unpaired) electrons. The highest BCUT2D eigenvalue weighted by atomic mass is 16.2. The Morgan fingerprint density at radius 1 is 1.53 bits per heavy atom. The predicted molar refractivity (Wildman–Crippen MR) is 72.5 cm³/mol. The molecule has 1 heterocycles. The first kappa shape index (κ1) is 13.5. The lowest BCUT2D eigenvalue weighted by molar-refractivity contribution is -0.127. The van der Waals surface area contributed by atoms with Gasteiger partial charge in [-0.2, -0.15) is 0 Å². The smallest absolute Gasteiger partial charge is 0.254 e. The Morgan fingerprint density at radius 2 is 2.32 bits per heavy atom. The Balaban J connectivity index is 2.24. The lowest BCUT2D eigenvalue weighted by Crippen LogP contribution is -2.56. The fourth-order valence-electron chi connectivity index (χ4n) is 2.36. The summed E-state index contributed by atoms with van der Waals surface area (Å²) in [7, 11) is 0. The third-order valence-corrected chi connectivity index (χ3v) is 3.39. The molecule has 2 amide bonds. The van der Waals surface area contributed by atoms with Gasteiger partial charge in [-0.15, -0.1) is 0 Å². The van der Waals surface area contributed by atoms with E-state index in [1.807, 2.05) is 19.1 Å². The molecule has 1 aromatic carbocycles. The van der Waals surface area contributed by atoms with Crippen LogP contribution in [0.25, 0.3) is 0 Å². The number of hydrogen-bond donors (Lipinski definition) is 2. The summed E-state index contributed by atoms with van der Waals surface area (Å²) in [4.78, 5) is 25.9. The second kappa shape index (κ2) is 5.84. The van der Waals surface area contributed by atoms with Gasteiger partial charge in [0.2, 0.25) is 5.91 Å². The molecule has 0 aromatic heterocycles. The molecule has 1 unspecified atom stereocenters. The fraction of sp³-hybridized carbons (Fsp3) is 0.429. The minimum absolute atomic E-state index is 0.0721. The van der Waals surface area contributed by atoms with Gasteiger partial charge in [-0.05, 0) is 24.1 Å². The first-order chi connectivity index (χ1) is 9.17. The number of nitrogens with two attached hydrogens (primary N) is 1. The summed E-state index contributed by atoms with van der Waals surface area (Å²) >= 11 is 0. The topological polar surface area (TPSA) is 75.4 Å². The largest absolute Gasteiger partial charge is 0.353 e. The third kappa shape index (κ3) is 2.76. The number of nitrogens with one attached hydrogen (secondary N) is 1. The minimum atomic E-state index is -0.372. The maximum atomic E-state index is 12.5. The number of rotatable bonds is 3. The molecule has 5 nitrogen and oxygen atoms in total. The molecule has 0 spiro atoms. The van der Waals surface area contributed by atoms with Crippen molar-refractivity contribution >= 4 is 11.8 Å². The Kier molecular flexibility index (Phi) is 4.16. The monoisotopic (exact) mass is 261 g/mol. The first-order valence-electron chi connectivity index (χ1n) is 6.55. The van der Waals surface area contributed by atoms with Gasteiger partial charge in [0.1, 0.15) is 6.04 Å². The molecule has 19 heavy (non-hydrogen) atoms. The molecule has 102 valence electrons. The van der Waals surface area contributed by atoms with Gasteiger partial charge in [0, 0.05) is 25.2 Å². The van der Waals surface area contributed by atoms with Crippen molar-refractivity contribution in [1.82, 2.24) is 10.2 Å². The van der Waals surface area contributed by atoms with Crippen molar-refractivity contribution in [3.05, 3.63) is 35.4 Å². The Hall–Kier alpha value is -1.88. The Bertz CT molecular complexity index is 487. The molecule has 3 N–H and O–H groups in total. The number of carbonyl (C=O) groups is 2. The molecular weight excluding hydrogens is 242 g/mol. The average molecular weight is 261 g/mol. The van der Waals surface area contributed by atoms with Gasteiger partial charge in [-0.1, -0.05) is 19.1 Å². The number of amides is 2. The summed E-state index contributed by atoms with van der Waals surface area (Å²) in [6, 6.07) is 6.89. The molecule has 1 saturated heterocycles. The summed E-state index contributed by atoms with van der Waals surface area (Å²) in [5, 5.41) is 2.79. The van der Waals surface area contributed by atoms with E-state index >= 15 is 0 Å². The van der Waals surface area contributed by atoms with Gasteiger partial charge >= 0.3 is 0 Å². The van der Waals surface area contributed by atoms with Crippen LogP contribution in [0.3, 0.4) is 0 Å². The number of hydrogen-bond acceptors (Lipinski definition) is 3. The van der Waals surface area contributed by atoms with Gasteiger partial charge in [0.05, 0.1) is 0 Å². The van der Waals surface area contributed by atoms with Crippen LogP contribution in [-0.4, -0.2) is 35.8 Å². The van der Waals surface area contributed by atoms with Crippen LogP contribution in [0, 0.1) is 0 Å². The van der Waals surface area contributed by atoms with Crippen molar-refractivity contribution in [3.8, 4) is 0 Å². The van der Waals surface area contributed by atoms with Gasteiger partial charge in [0.25, 0.3) is 5.91 Å². The molecule has 1 aliphatic rings. The molecule has 5 heteroatoms. The van der Waals surface area contributed by atoms with Crippen LogP contribution in [0.15, 0.2) is 24.3 Å². The number of nitrogens with zero attached hydrogens (tertiary/aromatic N) is 1. The fourth-order valence-corrected chi connectivity index (χ4v) is 2.36. The molecule has 1 aromatic rings. The van der Waals surface area contributed by atoms with Crippen molar-refractivity contribution in [2.75, 3.05) is 13.1 Å². The zero-order valence-corrected chi connectivity index (χ0v) is 11.1. The lowest BCUT2D eigenvalue weighted by Gasteiger charge is -2.34. The van der Waals surface area contributed by atoms with Gasteiger partial charge in [-0.25, -0.2) is 0 Å². The lowest BCUT2D eigenvalue weighted by atomic mass is 10.1. The molecule has 1 atom stereocenters.